The molecule has 2 aliphatic rings. The molecule has 0 spiro atoms. The predicted octanol–water partition coefficient (Wildman–Crippen LogP) is 13.2. The topological polar surface area (TPSA) is 330 Å². The third-order valence-corrected chi connectivity index (χ3v) is 19.8. The molecule has 0 amide bonds. The number of phenolic OH excluding ortho intramolecular Hbond substituents is 16. The lowest BCUT2D eigenvalue weighted by Crippen LogP contribution is -2.34. The van der Waals surface area contributed by atoms with Crippen LogP contribution in [-0.2, 0) is 13.1 Å². The smallest absolute Gasteiger partial charge is 0.127 e. The Bertz CT molecular complexity index is 3660. The molecule has 474 valence electrons. The highest BCUT2D eigenvalue weighted by Gasteiger charge is 2.35. The van der Waals surface area contributed by atoms with Crippen LogP contribution in [0, 0.1) is 0 Å². The molecule has 16 bridgehead atoms. The van der Waals surface area contributed by atoms with Gasteiger partial charge in [0.1, 0.15) is 92.0 Å². The molecule has 8 aromatic carbocycles. The van der Waals surface area contributed by atoms with Crippen LogP contribution in [0.2, 0.25) is 0 Å². The lowest BCUT2D eigenvalue weighted by molar-refractivity contribution is 0.199. The second-order valence-corrected chi connectivity index (χ2v) is 24.8. The Morgan fingerprint density at radius 3 is 0.500 bits per heavy atom. The molecule has 0 saturated carbocycles. The summed E-state index contributed by atoms with van der Waals surface area (Å²) >= 11 is 0. The molecular weight excluding hydrogens is 1150 g/mol. The third-order valence-electron chi connectivity index (χ3n) is 19.8. The van der Waals surface area contributed by atoms with Crippen molar-refractivity contribution >= 4 is 0 Å². The van der Waals surface area contributed by atoms with E-state index in [4.69, 9.17) is 0 Å². The summed E-state index contributed by atoms with van der Waals surface area (Å²) in [5.74, 6) is -10.8. The van der Waals surface area contributed by atoms with Crippen molar-refractivity contribution in [2.45, 2.75) is 130 Å². The van der Waals surface area contributed by atoms with Crippen LogP contribution in [0.1, 0.15) is 217 Å². The number of rotatable bonds is 9. The number of hydrogen-bond donors (Lipinski definition) is 16. The first-order valence-electron chi connectivity index (χ1n) is 30.4. The van der Waals surface area contributed by atoms with Gasteiger partial charge in [-0.25, -0.2) is 0 Å². The second kappa shape index (κ2) is 24.1. The van der Waals surface area contributed by atoms with E-state index in [9.17, 15) is 81.7 Å². The Morgan fingerprint density at radius 2 is 0.356 bits per heavy atom. The Hall–Kier alpha value is -9.52. The average Bonchev–Trinajstić information content (AvgIpc) is 0.781. The van der Waals surface area contributed by atoms with E-state index < -0.39 is 47.3 Å². The van der Waals surface area contributed by atoms with E-state index in [0.29, 0.717) is 79.9 Å². The molecule has 0 fully saturated rings. The van der Waals surface area contributed by atoms with Gasteiger partial charge in [-0.15, -0.1) is 0 Å². The summed E-state index contributed by atoms with van der Waals surface area (Å²) in [4.78, 5) is 3.95. The molecule has 16 N–H and O–H groups in total. The molecule has 8 aromatic rings. The van der Waals surface area contributed by atoms with Crippen LogP contribution in [0.5, 0.6) is 92.0 Å². The molecule has 8 atom stereocenters. The van der Waals surface area contributed by atoms with Crippen molar-refractivity contribution in [1.82, 2.24) is 9.80 Å². The third kappa shape index (κ3) is 10.9. The molecule has 0 heterocycles. The minimum absolute atomic E-state index is 0.0460. The number of likely N-dealkylation sites (N-methyl/N-ethyl adjacent to an activating group) is 2. The quantitative estimate of drug-likeness (QED) is 0.0638. The van der Waals surface area contributed by atoms with Crippen molar-refractivity contribution < 1.29 is 81.7 Å². The maximum absolute atomic E-state index is 12.6. The van der Waals surface area contributed by atoms with E-state index in [1.165, 1.54) is 36.4 Å². The fourth-order valence-electron chi connectivity index (χ4n) is 13.7. The van der Waals surface area contributed by atoms with Crippen LogP contribution in [0.3, 0.4) is 0 Å². The summed E-state index contributed by atoms with van der Waals surface area (Å²) in [5, 5.41) is 187. The fraction of sp³-hybridized carbons (Fsp3) is 0.333. The lowest BCUT2D eigenvalue weighted by Gasteiger charge is -2.30. The largest absolute Gasteiger partial charge is 0.508 e. The van der Waals surface area contributed by atoms with Gasteiger partial charge in [0.05, 0.1) is 11.1 Å². The zero-order chi connectivity index (χ0) is 65.5. The molecule has 0 saturated heterocycles. The van der Waals surface area contributed by atoms with Crippen molar-refractivity contribution in [3.05, 3.63) is 185 Å². The first-order valence-corrected chi connectivity index (χ1v) is 30.4. The summed E-state index contributed by atoms with van der Waals surface area (Å²) < 4.78 is 0. The Morgan fingerprint density at radius 1 is 0.222 bits per heavy atom. The van der Waals surface area contributed by atoms with Crippen LogP contribution in [0.25, 0.3) is 0 Å². The number of hydrogen-bond acceptors (Lipinski definition) is 18. The maximum Gasteiger partial charge on any atom is 0.127 e. The summed E-state index contributed by atoms with van der Waals surface area (Å²) in [5.41, 5.74) is 5.03. The van der Waals surface area contributed by atoms with Gasteiger partial charge in [0.2, 0.25) is 0 Å². The van der Waals surface area contributed by atoms with Crippen molar-refractivity contribution in [1.29, 1.82) is 0 Å². The van der Waals surface area contributed by atoms with Gasteiger partial charge in [-0.1, -0.05) is 69.2 Å². The van der Waals surface area contributed by atoms with Gasteiger partial charge in [0, 0.05) is 199 Å². The molecule has 2 aliphatic carbocycles. The highest BCUT2D eigenvalue weighted by Crippen LogP contribution is 2.54. The van der Waals surface area contributed by atoms with Gasteiger partial charge < -0.3 is 81.7 Å². The standard InChI is InChI=1S/C72H80N2O16/c1-11-73(29-55-69(87)51-21-52(70(55)88)36(8)48-18-44(62(80)26-66(48)84)32(4)40-15-39(57(75)23-58(40)76)31(3)43-17-47(35(51)7)65(83)25-61(43)79)13-14-74(12-2)30-56-71(89)53-22-54(72(56)90)38(10)50-20-46(64(82)28-68(50)86)34(6)42-16-41(59(77)24-60(42)78)33(5)45-19-49(37(53)9)67(85)27-63(45)81/h15-28,31-38,75-90H,11-14,29-30H2,1-10H3/t31-,32+,33-,34+,35-,36+,37-,38+. The summed E-state index contributed by atoms with van der Waals surface area (Å²) in [7, 11) is 0. The van der Waals surface area contributed by atoms with Crippen LogP contribution >= 0.6 is 0 Å². The van der Waals surface area contributed by atoms with Crippen LogP contribution in [-0.4, -0.2) is 118 Å². The number of aromatic hydroxyl groups is 16. The molecule has 0 radical (unpaired) electrons. The molecule has 90 heavy (non-hydrogen) atoms. The van der Waals surface area contributed by atoms with Gasteiger partial charge in [-0.05, 0) is 61.6 Å². The number of benzene rings is 8. The van der Waals surface area contributed by atoms with E-state index in [2.05, 4.69) is 0 Å². The van der Waals surface area contributed by atoms with E-state index in [-0.39, 0.29) is 152 Å². The number of nitrogens with zero attached hydrogens (tertiary/aromatic N) is 2. The van der Waals surface area contributed by atoms with E-state index in [1.807, 2.05) is 23.6 Å². The van der Waals surface area contributed by atoms with Crippen molar-refractivity contribution in [3.8, 4) is 92.0 Å². The molecule has 18 nitrogen and oxygen atoms in total. The Labute approximate surface area is 522 Å². The second-order valence-electron chi connectivity index (χ2n) is 24.8. The van der Waals surface area contributed by atoms with E-state index in [0.717, 1.165) is 0 Å². The SMILES string of the molecule is CCN(CCN(CC)Cc1c(O)c2cc(c1O)[C@@H](C)c1cc(c(O)cc1O)[C@@H](C)c1cc(c(O)cc1O)[C@@H](C)c1cc(c(O)cc1O)[C@H]2C)Cc1c(O)c2cc(c1O)[C@@H](C)c1cc(c(O)cc1O)[C@@H](C)c1cc(c(O)cc1O)[C@@H](C)c1cc(c(O)cc1O)[C@H]2C. The predicted molar refractivity (Wildman–Crippen MR) is 340 cm³/mol. The van der Waals surface area contributed by atoms with Gasteiger partial charge in [0.25, 0.3) is 0 Å². The first-order chi connectivity index (χ1) is 42.5. The molecule has 0 aliphatic heterocycles. The highest BCUT2D eigenvalue weighted by atomic mass is 16.3. The molecule has 18 heteroatoms. The monoisotopic (exact) mass is 1230 g/mol. The number of phenols is 16. The fourth-order valence-corrected chi connectivity index (χ4v) is 13.7. The van der Waals surface area contributed by atoms with Crippen LogP contribution in [0.15, 0.2) is 84.9 Å². The van der Waals surface area contributed by atoms with Crippen LogP contribution in [0.4, 0.5) is 0 Å². The average molecular weight is 1230 g/mol. The molecule has 0 aromatic heterocycles. The summed E-state index contributed by atoms with van der Waals surface area (Å²) in [6, 6.07) is 19.9. The molecule has 0 unspecified atom stereocenters. The van der Waals surface area contributed by atoms with Crippen molar-refractivity contribution in [2.24, 2.45) is 0 Å². The minimum Gasteiger partial charge on any atom is -0.508 e. The van der Waals surface area contributed by atoms with Gasteiger partial charge in [0.15, 0.2) is 0 Å². The van der Waals surface area contributed by atoms with Crippen molar-refractivity contribution in [2.75, 3.05) is 26.2 Å². The first kappa shape index (κ1) is 63.5. The minimum atomic E-state index is -0.825. The zero-order valence-corrected chi connectivity index (χ0v) is 52.0. The highest BCUT2D eigenvalue weighted by molar-refractivity contribution is 5.66. The maximum atomic E-state index is 12.6. The van der Waals surface area contributed by atoms with Gasteiger partial charge >= 0.3 is 0 Å². The molecular formula is C72H80N2O16. The van der Waals surface area contributed by atoms with Gasteiger partial charge in [-0.3, -0.25) is 9.80 Å². The Kier molecular flexibility index (Phi) is 17.0. The van der Waals surface area contributed by atoms with Gasteiger partial charge in [-0.2, -0.15) is 0 Å². The summed E-state index contributed by atoms with van der Waals surface area (Å²) in [6.07, 6.45) is 0. The Balaban J connectivity index is 1.05. The van der Waals surface area contributed by atoms with E-state index in [1.54, 1.807) is 104 Å². The lowest BCUT2D eigenvalue weighted by atomic mass is 9.80. The van der Waals surface area contributed by atoms with E-state index >= 15 is 0 Å². The number of fused-ring (bicyclic) bond motifs is 16. The normalized spacial score (nSPS) is 19.7. The van der Waals surface area contributed by atoms with Crippen LogP contribution < -0.4 is 0 Å². The van der Waals surface area contributed by atoms with Crippen molar-refractivity contribution in [3.63, 3.8) is 0 Å². The summed E-state index contributed by atoms with van der Waals surface area (Å²) in [6.45, 7) is 19.0. The zero-order valence-electron chi connectivity index (χ0n) is 52.0. The molecule has 10 rings (SSSR count).